The van der Waals surface area contributed by atoms with Crippen molar-refractivity contribution in [1.29, 1.82) is 0 Å². The first-order valence-corrected chi connectivity index (χ1v) is 6.04. The van der Waals surface area contributed by atoms with Crippen LogP contribution in [0.4, 0.5) is 24.5 Å². The van der Waals surface area contributed by atoms with Gasteiger partial charge in [-0.15, -0.1) is 0 Å². The average Bonchev–Trinajstić information content (AvgIpc) is 3.00. The summed E-state index contributed by atoms with van der Waals surface area (Å²) < 4.78 is 38.3. The fourth-order valence-corrected chi connectivity index (χ4v) is 2.10. The van der Waals surface area contributed by atoms with Gasteiger partial charge < -0.3 is 10.6 Å². The van der Waals surface area contributed by atoms with Gasteiger partial charge in [-0.25, -0.2) is 0 Å². The maximum atomic E-state index is 12.5. The number of nitrogens with two attached hydrogens (primary N) is 1. The Labute approximate surface area is 106 Å². The van der Waals surface area contributed by atoms with Crippen molar-refractivity contribution in [2.45, 2.75) is 25.1 Å². The number of halogens is 4. The average molecular weight is 309 g/mol. The lowest BCUT2D eigenvalue weighted by Gasteiger charge is -2.27. The zero-order chi connectivity index (χ0) is 12.6. The molecule has 2 nitrogen and oxygen atoms in total. The molecule has 0 atom stereocenters. The molecule has 0 aromatic heterocycles. The molecule has 1 fully saturated rings. The van der Waals surface area contributed by atoms with Crippen molar-refractivity contribution in [3.8, 4) is 0 Å². The van der Waals surface area contributed by atoms with Crippen molar-refractivity contribution in [1.82, 2.24) is 0 Å². The van der Waals surface area contributed by atoms with Crippen LogP contribution >= 0.6 is 15.9 Å². The molecule has 0 saturated heterocycles. The Hall–Kier alpha value is -0.910. The van der Waals surface area contributed by atoms with E-state index in [2.05, 4.69) is 15.9 Å². The molecule has 1 aliphatic carbocycles. The van der Waals surface area contributed by atoms with Gasteiger partial charge in [0, 0.05) is 10.5 Å². The highest BCUT2D eigenvalue weighted by molar-refractivity contribution is 9.10. The van der Waals surface area contributed by atoms with E-state index in [1.54, 1.807) is 18.2 Å². The van der Waals surface area contributed by atoms with E-state index in [1.165, 1.54) is 4.90 Å². The Morgan fingerprint density at radius 1 is 1.35 bits per heavy atom. The Bertz CT molecular complexity index is 416. The molecule has 1 aliphatic rings. The lowest BCUT2D eigenvalue weighted by Crippen LogP contribution is -2.36. The molecular formula is C11H12BrF3N2. The van der Waals surface area contributed by atoms with Crippen LogP contribution in [0.2, 0.25) is 0 Å². The van der Waals surface area contributed by atoms with E-state index < -0.39 is 12.7 Å². The molecule has 0 unspecified atom stereocenters. The van der Waals surface area contributed by atoms with E-state index in [-0.39, 0.29) is 6.04 Å². The smallest absolute Gasteiger partial charge is 0.397 e. The van der Waals surface area contributed by atoms with Crippen LogP contribution in [0.5, 0.6) is 0 Å². The fraction of sp³-hybridized carbons (Fsp3) is 0.455. The highest BCUT2D eigenvalue weighted by Gasteiger charge is 2.38. The summed E-state index contributed by atoms with van der Waals surface area (Å²) in [5, 5.41) is 0. The van der Waals surface area contributed by atoms with Gasteiger partial charge in [-0.2, -0.15) is 13.2 Å². The maximum Gasteiger partial charge on any atom is 0.405 e. The first-order chi connectivity index (χ1) is 7.87. The molecule has 94 valence electrons. The third-order valence-corrected chi connectivity index (χ3v) is 3.13. The number of hydrogen-bond donors (Lipinski definition) is 1. The van der Waals surface area contributed by atoms with Gasteiger partial charge in [0.05, 0.1) is 11.4 Å². The molecule has 6 heteroatoms. The number of anilines is 2. The number of nitrogen functional groups attached to an aromatic ring is 1. The Morgan fingerprint density at radius 2 is 2.00 bits per heavy atom. The number of benzene rings is 1. The van der Waals surface area contributed by atoms with Crippen LogP contribution in [-0.2, 0) is 0 Å². The van der Waals surface area contributed by atoms with Crippen molar-refractivity contribution in [3.63, 3.8) is 0 Å². The molecular weight excluding hydrogens is 297 g/mol. The molecule has 2 rings (SSSR count). The van der Waals surface area contributed by atoms with Crippen LogP contribution in [0.25, 0.3) is 0 Å². The van der Waals surface area contributed by atoms with Crippen LogP contribution < -0.4 is 10.6 Å². The van der Waals surface area contributed by atoms with Crippen molar-refractivity contribution in [2.24, 2.45) is 0 Å². The van der Waals surface area contributed by atoms with E-state index >= 15 is 0 Å². The van der Waals surface area contributed by atoms with Gasteiger partial charge in [0.25, 0.3) is 0 Å². The minimum atomic E-state index is -4.21. The van der Waals surface area contributed by atoms with Crippen molar-refractivity contribution in [2.75, 3.05) is 17.2 Å². The third kappa shape index (κ3) is 3.28. The summed E-state index contributed by atoms with van der Waals surface area (Å²) >= 11 is 3.25. The largest absolute Gasteiger partial charge is 0.405 e. The molecule has 0 amide bonds. The summed E-state index contributed by atoms with van der Waals surface area (Å²) in [5.41, 5.74) is 6.58. The third-order valence-electron chi connectivity index (χ3n) is 2.64. The summed E-state index contributed by atoms with van der Waals surface area (Å²) in [4.78, 5) is 1.35. The molecule has 2 N–H and O–H groups in total. The van der Waals surface area contributed by atoms with E-state index in [1.807, 2.05) is 0 Å². The molecule has 0 aliphatic heterocycles. The van der Waals surface area contributed by atoms with Crippen LogP contribution in [-0.4, -0.2) is 18.8 Å². The molecule has 1 saturated carbocycles. The molecule has 0 spiro atoms. The predicted molar refractivity (Wildman–Crippen MR) is 65.0 cm³/mol. The highest BCUT2D eigenvalue weighted by atomic mass is 79.9. The first kappa shape index (κ1) is 12.5. The van der Waals surface area contributed by atoms with E-state index in [0.717, 1.165) is 17.3 Å². The lowest BCUT2D eigenvalue weighted by atomic mass is 10.2. The van der Waals surface area contributed by atoms with Crippen LogP contribution in [0, 0.1) is 0 Å². The predicted octanol–water partition coefficient (Wildman–Crippen LogP) is 3.56. The Morgan fingerprint density at radius 3 is 2.53 bits per heavy atom. The number of nitrogens with zero attached hydrogens (tertiary/aromatic N) is 1. The molecule has 0 bridgehead atoms. The lowest BCUT2D eigenvalue weighted by molar-refractivity contribution is -0.119. The van der Waals surface area contributed by atoms with E-state index in [9.17, 15) is 13.2 Å². The molecule has 0 radical (unpaired) electrons. The van der Waals surface area contributed by atoms with Gasteiger partial charge in [-0.3, -0.25) is 0 Å². The normalized spacial score (nSPS) is 16.0. The van der Waals surface area contributed by atoms with Crippen molar-refractivity contribution < 1.29 is 13.2 Å². The zero-order valence-corrected chi connectivity index (χ0v) is 10.6. The Kier molecular flexibility index (Phi) is 3.25. The summed E-state index contributed by atoms with van der Waals surface area (Å²) in [6, 6.07) is 4.94. The standard InChI is InChI=1S/C11H12BrF3N2/c12-7-1-4-9(16)10(5-7)17(8-2-3-8)6-11(13,14)15/h1,4-5,8H,2-3,6,16H2. The van der Waals surface area contributed by atoms with Crippen LogP contribution in [0.15, 0.2) is 22.7 Å². The summed E-state index contributed by atoms with van der Waals surface area (Å²) in [6.45, 7) is -0.946. The van der Waals surface area contributed by atoms with Gasteiger partial charge in [-0.05, 0) is 31.0 Å². The van der Waals surface area contributed by atoms with Gasteiger partial charge in [0.15, 0.2) is 0 Å². The van der Waals surface area contributed by atoms with Crippen LogP contribution in [0.3, 0.4) is 0 Å². The summed E-state index contributed by atoms with van der Waals surface area (Å²) in [7, 11) is 0. The van der Waals surface area contributed by atoms with Gasteiger partial charge >= 0.3 is 6.18 Å². The van der Waals surface area contributed by atoms with Crippen LogP contribution in [0.1, 0.15) is 12.8 Å². The molecule has 1 aromatic rings. The SMILES string of the molecule is Nc1ccc(Br)cc1N(CC(F)(F)F)C1CC1. The van der Waals surface area contributed by atoms with Crippen molar-refractivity contribution >= 4 is 27.3 Å². The van der Waals surface area contributed by atoms with Gasteiger partial charge in [-0.1, -0.05) is 15.9 Å². The summed E-state index contributed by atoms with van der Waals surface area (Å²) in [6.07, 6.45) is -2.62. The molecule has 0 heterocycles. The maximum absolute atomic E-state index is 12.5. The number of rotatable bonds is 3. The van der Waals surface area contributed by atoms with Gasteiger partial charge in [0.2, 0.25) is 0 Å². The number of alkyl halides is 3. The van der Waals surface area contributed by atoms with Gasteiger partial charge in [0.1, 0.15) is 6.54 Å². The highest BCUT2D eigenvalue weighted by Crippen LogP contribution is 2.38. The summed E-state index contributed by atoms with van der Waals surface area (Å²) in [5.74, 6) is 0. The zero-order valence-electron chi connectivity index (χ0n) is 8.97. The second kappa shape index (κ2) is 4.40. The first-order valence-electron chi connectivity index (χ1n) is 5.25. The van der Waals surface area contributed by atoms with E-state index in [4.69, 9.17) is 5.73 Å². The fourth-order valence-electron chi connectivity index (χ4n) is 1.76. The topological polar surface area (TPSA) is 29.3 Å². The quantitative estimate of drug-likeness (QED) is 0.865. The Balaban J connectivity index is 2.29. The minimum absolute atomic E-state index is 0.0341. The van der Waals surface area contributed by atoms with Crippen molar-refractivity contribution in [3.05, 3.63) is 22.7 Å². The molecule has 17 heavy (non-hydrogen) atoms. The molecule has 1 aromatic carbocycles. The monoisotopic (exact) mass is 308 g/mol. The van der Waals surface area contributed by atoms with E-state index in [0.29, 0.717) is 11.4 Å². The second-order valence-corrected chi connectivity index (χ2v) is 5.09. The second-order valence-electron chi connectivity index (χ2n) is 4.18. The number of hydrogen-bond acceptors (Lipinski definition) is 2. The minimum Gasteiger partial charge on any atom is -0.397 e.